The molecule has 0 saturated carbocycles. The zero-order valence-electron chi connectivity index (χ0n) is 10.4. The first-order valence-electron chi connectivity index (χ1n) is 5.48. The van der Waals surface area contributed by atoms with Crippen LogP contribution in [0.1, 0.15) is 15.9 Å². The van der Waals surface area contributed by atoms with Crippen LogP contribution in [0.3, 0.4) is 0 Å². The van der Waals surface area contributed by atoms with Gasteiger partial charge in [0.2, 0.25) is 0 Å². The third-order valence-corrected chi connectivity index (χ3v) is 2.42. The highest BCUT2D eigenvalue weighted by atomic mass is 19.4. The number of carboxylic acids is 1. The first-order chi connectivity index (χ1) is 9.66. The van der Waals surface area contributed by atoms with Gasteiger partial charge >= 0.3 is 12.1 Å². The van der Waals surface area contributed by atoms with Crippen molar-refractivity contribution in [3.8, 4) is 12.3 Å². The number of alkyl halides is 3. The lowest BCUT2D eigenvalue weighted by Crippen LogP contribution is -2.36. The standard InChI is InChI=1S/C13H9F4NO3/c1-2-5-18(7-11(19)20)12(21)9-6-8(13(15,16)17)3-4-10(9)14/h1,3-4,6H,5,7H2,(H,19,20). The summed E-state index contributed by atoms with van der Waals surface area (Å²) < 4.78 is 51.2. The van der Waals surface area contributed by atoms with Gasteiger partial charge in [-0.1, -0.05) is 5.92 Å². The fourth-order valence-corrected chi connectivity index (χ4v) is 1.51. The normalized spacial score (nSPS) is 10.8. The third kappa shape index (κ3) is 4.21. The zero-order valence-corrected chi connectivity index (χ0v) is 10.4. The van der Waals surface area contributed by atoms with Crippen molar-refractivity contribution in [3.63, 3.8) is 0 Å². The number of aliphatic carboxylic acids is 1. The third-order valence-electron chi connectivity index (χ3n) is 2.42. The Morgan fingerprint density at radius 3 is 2.43 bits per heavy atom. The first kappa shape index (κ1) is 16.5. The second kappa shape index (κ2) is 6.26. The van der Waals surface area contributed by atoms with Crippen molar-refractivity contribution >= 4 is 11.9 Å². The number of hydrogen-bond acceptors (Lipinski definition) is 2. The summed E-state index contributed by atoms with van der Waals surface area (Å²) >= 11 is 0. The van der Waals surface area contributed by atoms with E-state index in [9.17, 15) is 27.2 Å². The predicted octanol–water partition coefficient (Wildman–Crippen LogP) is 2.00. The van der Waals surface area contributed by atoms with Crippen LogP contribution < -0.4 is 0 Å². The fourth-order valence-electron chi connectivity index (χ4n) is 1.51. The molecule has 1 rings (SSSR count). The Labute approximate surface area is 117 Å². The van der Waals surface area contributed by atoms with Crippen LogP contribution in [-0.2, 0) is 11.0 Å². The Bertz CT molecular complexity index is 604. The molecular formula is C13H9F4NO3. The average molecular weight is 303 g/mol. The maximum absolute atomic E-state index is 13.5. The van der Waals surface area contributed by atoms with E-state index in [4.69, 9.17) is 11.5 Å². The summed E-state index contributed by atoms with van der Waals surface area (Å²) in [4.78, 5) is 23.1. The van der Waals surface area contributed by atoms with E-state index in [2.05, 4.69) is 0 Å². The topological polar surface area (TPSA) is 57.6 Å². The number of rotatable bonds is 4. The molecule has 1 aromatic rings. The van der Waals surface area contributed by atoms with Crippen molar-refractivity contribution in [1.82, 2.24) is 4.90 Å². The van der Waals surface area contributed by atoms with Crippen LogP contribution in [0, 0.1) is 18.2 Å². The number of hydrogen-bond donors (Lipinski definition) is 1. The molecule has 0 heterocycles. The maximum Gasteiger partial charge on any atom is 0.416 e. The Balaban J connectivity index is 3.21. The zero-order chi connectivity index (χ0) is 16.2. The van der Waals surface area contributed by atoms with Crippen molar-refractivity contribution in [1.29, 1.82) is 0 Å². The van der Waals surface area contributed by atoms with Crippen LogP contribution in [-0.4, -0.2) is 35.0 Å². The minimum atomic E-state index is -4.76. The van der Waals surface area contributed by atoms with E-state index in [1.807, 2.05) is 5.92 Å². The largest absolute Gasteiger partial charge is 0.480 e. The van der Waals surface area contributed by atoms with Gasteiger partial charge in [0.15, 0.2) is 0 Å². The molecule has 0 aliphatic carbocycles. The molecule has 0 spiro atoms. The molecule has 0 unspecified atom stereocenters. The molecule has 112 valence electrons. The summed E-state index contributed by atoms with van der Waals surface area (Å²) in [7, 11) is 0. The Morgan fingerprint density at radius 2 is 1.95 bits per heavy atom. The quantitative estimate of drug-likeness (QED) is 0.684. The number of carbonyl (C=O) groups excluding carboxylic acids is 1. The highest BCUT2D eigenvalue weighted by molar-refractivity contribution is 5.96. The lowest BCUT2D eigenvalue weighted by Gasteiger charge is -2.19. The molecule has 1 amide bonds. The van der Waals surface area contributed by atoms with Gasteiger partial charge in [-0.3, -0.25) is 9.59 Å². The van der Waals surface area contributed by atoms with Gasteiger partial charge in [0.1, 0.15) is 12.4 Å². The number of amides is 1. The Kier molecular flexibility index (Phi) is 4.92. The van der Waals surface area contributed by atoms with Gasteiger partial charge in [-0.2, -0.15) is 13.2 Å². The van der Waals surface area contributed by atoms with E-state index in [1.54, 1.807) is 0 Å². The number of halogens is 4. The monoisotopic (exact) mass is 303 g/mol. The SMILES string of the molecule is C#CCN(CC(=O)O)C(=O)c1cc(C(F)(F)F)ccc1F. The van der Waals surface area contributed by atoms with Crippen molar-refractivity contribution < 1.29 is 32.3 Å². The summed E-state index contributed by atoms with van der Waals surface area (Å²) in [6, 6.07) is 1.29. The second-order valence-corrected chi connectivity index (χ2v) is 3.95. The molecule has 0 fully saturated rings. The predicted molar refractivity (Wildman–Crippen MR) is 63.8 cm³/mol. The summed E-state index contributed by atoms with van der Waals surface area (Å²) in [6.45, 7) is -1.32. The molecule has 8 heteroatoms. The van der Waals surface area contributed by atoms with Crippen molar-refractivity contribution in [2.45, 2.75) is 6.18 Å². The smallest absolute Gasteiger partial charge is 0.416 e. The van der Waals surface area contributed by atoms with Gasteiger partial charge in [0.25, 0.3) is 5.91 Å². The molecule has 4 nitrogen and oxygen atoms in total. The van der Waals surface area contributed by atoms with Crippen LogP contribution >= 0.6 is 0 Å². The lowest BCUT2D eigenvalue weighted by atomic mass is 10.1. The molecule has 0 aliphatic heterocycles. The van der Waals surface area contributed by atoms with Gasteiger partial charge in [0.05, 0.1) is 17.7 Å². The minimum absolute atomic E-state index is 0.322. The van der Waals surface area contributed by atoms with Gasteiger partial charge in [-0.25, -0.2) is 4.39 Å². The lowest BCUT2D eigenvalue weighted by molar-refractivity contribution is -0.138. The number of benzene rings is 1. The Morgan fingerprint density at radius 1 is 1.33 bits per heavy atom. The van der Waals surface area contributed by atoms with Crippen LogP contribution in [0.5, 0.6) is 0 Å². The number of carbonyl (C=O) groups is 2. The number of carboxylic acid groups (broad SMARTS) is 1. The van der Waals surface area contributed by atoms with Gasteiger partial charge in [-0.05, 0) is 18.2 Å². The summed E-state index contributed by atoms with van der Waals surface area (Å²) in [6.07, 6.45) is 0.190. The molecule has 0 aliphatic rings. The Hall–Kier alpha value is -2.56. The van der Waals surface area contributed by atoms with Gasteiger partial charge < -0.3 is 10.0 Å². The second-order valence-electron chi connectivity index (χ2n) is 3.95. The molecule has 0 aromatic heterocycles. The summed E-state index contributed by atoms with van der Waals surface area (Å²) in [5.74, 6) is -1.86. The fraction of sp³-hybridized carbons (Fsp3) is 0.231. The number of nitrogens with zero attached hydrogens (tertiary/aromatic N) is 1. The van der Waals surface area contributed by atoms with E-state index in [1.165, 1.54) is 0 Å². The molecule has 0 atom stereocenters. The summed E-state index contributed by atoms with van der Waals surface area (Å²) in [5.41, 5.74) is -2.11. The van der Waals surface area contributed by atoms with Crippen molar-refractivity contribution in [2.24, 2.45) is 0 Å². The molecule has 21 heavy (non-hydrogen) atoms. The van der Waals surface area contributed by atoms with Crippen molar-refractivity contribution in [3.05, 3.63) is 35.1 Å². The van der Waals surface area contributed by atoms with E-state index in [0.717, 1.165) is 0 Å². The van der Waals surface area contributed by atoms with Crippen molar-refractivity contribution in [2.75, 3.05) is 13.1 Å². The van der Waals surface area contributed by atoms with Gasteiger partial charge in [0, 0.05) is 0 Å². The highest BCUT2D eigenvalue weighted by Gasteiger charge is 2.32. The minimum Gasteiger partial charge on any atom is -0.480 e. The molecular weight excluding hydrogens is 294 g/mol. The van der Waals surface area contributed by atoms with Crippen LogP contribution in [0.25, 0.3) is 0 Å². The van der Waals surface area contributed by atoms with Crippen LogP contribution in [0.15, 0.2) is 18.2 Å². The van der Waals surface area contributed by atoms with Crippen LogP contribution in [0.4, 0.5) is 17.6 Å². The van der Waals surface area contributed by atoms with E-state index < -0.39 is 48.1 Å². The first-order valence-corrected chi connectivity index (χ1v) is 5.48. The molecule has 0 radical (unpaired) electrons. The van der Waals surface area contributed by atoms with Crippen LogP contribution in [0.2, 0.25) is 0 Å². The molecule has 0 saturated heterocycles. The molecule has 0 bridgehead atoms. The highest BCUT2D eigenvalue weighted by Crippen LogP contribution is 2.30. The average Bonchev–Trinajstić information content (AvgIpc) is 2.36. The molecule has 1 N–H and O–H groups in total. The van der Waals surface area contributed by atoms with Gasteiger partial charge in [-0.15, -0.1) is 6.42 Å². The number of terminal acetylenes is 1. The van der Waals surface area contributed by atoms with E-state index in [0.29, 0.717) is 23.1 Å². The molecule has 1 aromatic carbocycles. The van der Waals surface area contributed by atoms with E-state index >= 15 is 0 Å². The maximum atomic E-state index is 13.5. The summed E-state index contributed by atoms with van der Waals surface area (Å²) in [5, 5.41) is 8.62. The van der Waals surface area contributed by atoms with E-state index in [-0.39, 0.29) is 0 Å².